The van der Waals surface area contributed by atoms with Gasteiger partial charge in [0.1, 0.15) is 23.2 Å². The molecule has 5 aromatic heterocycles. The predicted molar refractivity (Wildman–Crippen MR) is 274 cm³/mol. The maximum absolute atomic E-state index is 14.1. The molecule has 0 unspecified atom stereocenters. The number of fused-ring (bicyclic) bond motifs is 4. The van der Waals surface area contributed by atoms with Gasteiger partial charge in [-0.05, 0) is 86.3 Å². The Bertz CT molecular complexity index is 3000. The number of thiazole rings is 1. The number of hydrogen-bond acceptors (Lipinski definition) is 15. The normalized spacial score (nSPS) is 21.0. The zero-order valence-electron chi connectivity index (χ0n) is 41.2. The van der Waals surface area contributed by atoms with Crippen LogP contribution in [0.3, 0.4) is 0 Å². The lowest BCUT2D eigenvalue weighted by Crippen LogP contribution is -2.58. The van der Waals surface area contributed by atoms with Crippen LogP contribution >= 0.6 is 22.7 Å². The molecule has 3 saturated carbocycles. The molecule has 6 aromatic rings. The van der Waals surface area contributed by atoms with E-state index in [1.807, 2.05) is 88.9 Å². The van der Waals surface area contributed by atoms with Crippen LogP contribution in [0, 0.1) is 23.7 Å². The number of anilines is 1. The van der Waals surface area contributed by atoms with Crippen molar-refractivity contribution in [3.05, 3.63) is 88.3 Å². The number of ether oxygens (including phenoxy) is 1. The average Bonchev–Trinajstić information content (AvgIpc) is 4.22. The largest absolute Gasteiger partial charge is 0.391 e. The van der Waals surface area contributed by atoms with E-state index in [1.165, 1.54) is 4.90 Å². The lowest BCUT2D eigenvalue weighted by Gasteiger charge is -2.52. The summed E-state index contributed by atoms with van der Waals surface area (Å²) in [6.07, 6.45) is 7.86. The molecule has 4 amide bonds. The van der Waals surface area contributed by atoms with Gasteiger partial charge in [-0.2, -0.15) is 10.4 Å². The van der Waals surface area contributed by atoms with Gasteiger partial charge in [0, 0.05) is 62.2 Å². The van der Waals surface area contributed by atoms with Gasteiger partial charge >= 0.3 is 0 Å². The third kappa shape index (κ3) is 10.6. The van der Waals surface area contributed by atoms with Crippen LogP contribution in [-0.4, -0.2) is 114 Å². The molecule has 376 valence electrons. The highest BCUT2D eigenvalue weighted by atomic mass is 32.1. The number of nitrogens with one attached hydrogen (secondary N) is 4. The van der Waals surface area contributed by atoms with Crippen molar-refractivity contribution >= 4 is 57.5 Å². The lowest BCUT2D eigenvalue weighted by atomic mass is 9.57. The Balaban J connectivity index is 0.715. The number of likely N-dealkylation sites (tertiary alicyclic amines) is 1. The fraction of sp³-hybridized carbons (Fsp3) is 0.462. The Morgan fingerprint density at radius 2 is 1.69 bits per heavy atom. The molecule has 6 heterocycles. The van der Waals surface area contributed by atoms with E-state index in [0.29, 0.717) is 5.56 Å². The summed E-state index contributed by atoms with van der Waals surface area (Å²) in [5, 5.41) is 47.9. The van der Waals surface area contributed by atoms with Crippen LogP contribution in [0.2, 0.25) is 0 Å². The Morgan fingerprint density at radius 3 is 2.38 bits per heavy atom. The molecule has 72 heavy (non-hydrogen) atoms. The number of carbonyl (C=O) groups excluding carboxylic acids is 4. The first-order valence-corrected chi connectivity index (χ1v) is 26.1. The maximum atomic E-state index is 14.1. The average molecular weight is 1010 g/mol. The Labute approximate surface area is 426 Å². The van der Waals surface area contributed by atoms with Crippen LogP contribution in [0.25, 0.3) is 37.9 Å². The van der Waals surface area contributed by atoms with Crippen LogP contribution in [0.4, 0.5) is 5.69 Å². The number of aryl methyl sites for hydroxylation is 1. The fourth-order valence-corrected chi connectivity index (χ4v) is 12.2. The van der Waals surface area contributed by atoms with Gasteiger partial charge in [0.2, 0.25) is 23.6 Å². The summed E-state index contributed by atoms with van der Waals surface area (Å²) in [5.41, 5.74) is 8.17. The minimum Gasteiger partial charge on any atom is -0.391 e. The molecule has 4 fully saturated rings. The van der Waals surface area contributed by atoms with E-state index >= 15 is 0 Å². The van der Waals surface area contributed by atoms with Crippen molar-refractivity contribution in [2.24, 2.45) is 5.41 Å². The monoisotopic (exact) mass is 1010 g/mol. The standard InChI is InChI=1S/C52H60N12O6S2/c1-31-44(71-30-57-31)34-8-6-32(7-9-34)26-56-46(68)41-23-36(65)29-63(41)48(69)45(50(2,3)4)59-42(66)12-20-70-21-13-43(67)60-52-17-14-51(15-18-52,16-19-52)49-62-61-47(72-49)37-28-55-39(24-38(37)54-5)40-11-10-35-22-33(25-53)27-58-64(35)40/h6-11,22,24,27-28,30,36,41,45,65H,12-21,23,26,29H2,1-5H3,(H,54,55)(H,56,68)(H,59,66)(H,60,67)/t36-,41+,45-,51?,52?/m1/s1. The molecule has 1 aliphatic heterocycles. The highest BCUT2D eigenvalue weighted by Gasteiger charge is 2.52. The number of pyridine rings is 1. The number of aliphatic hydroxyl groups is 1. The van der Waals surface area contributed by atoms with E-state index in [-0.39, 0.29) is 68.3 Å². The van der Waals surface area contributed by atoms with E-state index < -0.39 is 35.4 Å². The Kier molecular flexibility index (Phi) is 14.5. The fourth-order valence-electron chi connectivity index (χ4n) is 10.3. The van der Waals surface area contributed by atoms with Crippen molar-refractivity contribution in [3.8, 4) is 38.5 Å². The van der Waals surface area contributed by atoms with Crippen molar-refractivity contribution in [1.82, 2.24) is 50.6 Å². The predicted octanol–water partition coefficient (Wildman–Crippen LogP) is 6.33. The molecule has 3 aliphatic carbocycles. The van der Waals surface area contributed by atoms with Crippen LogP contribution in [0.1, 0.15) is 100 Å². The van der Waals surface area contributed by atoms with E-state index in [9.17, 15) is 29.5 Å². The van der Waals surface area contributed by atoms with Crippen LogP contribution in [-0.2, 0) is 35.9 Å². The number of benzene rings is 1. The van der Waals surface area contributed by atoms with Gasteiger partial charge < -0.3 is 36.0 Å². The first kappa shape index (κ1) is 50.3. The van der Waals surface area contributed by atoms with E-state index in [2.05, 4.69) is 42.5 Å². The van der Waals surface area contributed by atoms with Crippen molar-refractivity contribution in [2.45, 2.75) is 121 Å². The molecule has 20 heteroatoms. The highest BCUT2D eigenvalue weighted by Crippen LogP contribution is 2.54. The van der Waals surface area contributed by atoms with Gasteiger partial charge in [-0.15, -0.1) is 21.5 Å². The molecular weight excluding hydrogens is 953 g/mol. The lowest BCUT2D eigenvalue weighted by molar-refractivity contribution is -0.144. The smallest absolute Gasteiger partial charge is 0.246 e. The summed E-state index contributed by atoms with van der Waals surface area (Å²) in [4.78, 5) is 65.7. The molecule has 0 spiro atoms. The van der Waals surface area contributed by atoms with Crippen molar-refractivity contribution in [2.75, 3.05) is 32.1 Å². The minimum absolute atomic E-state index is 0.0208. The summed E-state index contributed by atoms with van der Waals surface area (Å²) in [5.74, 6) is -1.30. The second-order valence-electron chi connectivity index (χ2n) is 20.4. The van der Waals surface area contributed by atoms with E-state index in [1.54, 1.807) is 39.5 Å². The zero-order chi connectivity index (χ0) is 50.8. The van der Waals surface area contributed by atoms with Crippen molar-refractivity contribution < 1.29 is 29.0 Å². The van der Waals surface area contributed by atoms with Gasteiger partial charge in [-0.3, -0.25) is 24.2 Å². The minimum atomic E-state index is -0.962. The van der Waals surface area contributed by atoms with Crippen molar-refractivity contribution in [1.29, 1.82) is 5.26 Å². The highest BCUT2D eigenvalue weighted by molar-refractivity contribution is 7.15. The van der Waals surface area contributed by atoms with Gasteiger partial charge in [-0.25, -0.2) is 9.50 Å². The zero-order valence-corrected chi connectivity index (χ0v) is 42.8. The quantitative estimate of drug-likeness (QED) is 0.0629. The molecule has 1 saturated heterocycles. The van der Waals surface area contributed by atoms with E-state index in [4.69, 9.17) is 14.8 Å². The number of aromatic nitrogens is 6. The van der Waals surface area contributed by atoms with Crippen molar-refractivity contribution in [3.63, 3.8) is 0 Å². The second kappa shape index (κ2) is 20.8. The van der Waals surface area contributed by atoms with Crippen LogP contribution in [0.15, 0.2) is 66.4 Å². The number of aliphatic hydroxyl groups excluding tert-OH is 1. The number of rotatable bonds is 17. The number of carbonyl (C=O) groups is 4. The summed E-state index contributed by atoms with van der Waals surface area (Å²) in [6.45, 7) is 7.92. The maximum Gasteiger partial charge on any atom is 0.246 e. The molecular formula is C52H60N12O6S2. The Morgan fingerprint density at radius 1 is 0.958 bits per heavy atom. The van der Waals surface area contributed by atoms with Crippen LogP contribution < -0.4 is 21.3 Å². The summed E-state index contributed by atoms with van der Waals surface area (Å²) in [7, 11) is 1.87. The van der Waals surface area contributed by atoms with Gasteiger partial charge in [0.05, 0.1) is 69.6 Å². The summed E-state index contributed by atoms with van der Waals surface area (Å²) in [6, 6.07) is 15.8. The van der Waals surface area contributed by atoms with Gasteiger partial charge in [-0.1, -0.05) is 56.4 Å². The molecule has 0 radical (unpaired) electrons. The van der Waals surface area contributed by atoms with Gasteiger partial charge in [0.25, 0.3) is 0 Å². The molecule has 5 N–H and O–H groups in total. The summed E-state index contributed by atoms with van der Waals surface area (Å²) < 4.78 is 7.53. The number of nitriles is 1. The second-order valence-corrected chi connectivity index (χ2v) is 22.2. The van der Waals surface area contributed by atoms with Crippen LogP contribution in [0.5, 0.6) is 0 Å². The molecule has 10 rings (SSSR count). The number of amides is 4. The summed E-state index contributed by atoms with van der Waals surface area (Å²) >= 11 is 3.17. The number of nitrogens with zero attached hydrogens (tertiary/aromatic N) is 8. The van der Waals surface area contributed by atoms with Gasteiger partial charge in [0.15, 0.2) is 5.01 Å². The third-order valence-corrected chi connectivity index (χ3v) is 16.7. The third-order valence-electron chi connectivity index (χ3n) is 14.5. The molecule has 1 aromatic carbocycles. The molecule has 3 atom stereocenters. The Hall–Kier alpha value is -6.66. The first-order valence-electron chi connectivity index (χ1n) is 24.4. The molecule has 4 aliphatic rings. The SMILES string of the molecule is CNc1cc(-c2ccc3cc(C#N)cnn23)ncc1-c1nnc(C23CCC(NC(=O)CCOCCC(=O)N[C@H](C(=O)N4C[C@H](O)C[C@H]4C(=O)NCc4ccc(-c5scnc5C)cc4)C(C)(C)C)(CC2)CC3)s1. The van der Waals surface area contributed by atoms with E-state index in [0.717, 1.165) is 98.4 Å². The number of β-amino-alcohol motifs (C(OH)–C–C–N with tert-alkyl or cyclic N) is 1. The topological polar surface area (TPSA) is 242 Å². The first-order chi connectivity index (χ1) is 34.6. The molecule has 18 nitrogen and oxygen atoms in total. The number of hydrogen-bond donors (Lipinski definition) is 5. The molecule has 2 bridgehead atoms.